The van der Waals surface area contributed by atoms with Crippen LogP contribution in [0.3, 0.4) is 0 Å². The highest BCUT2D eigenvalue weighted by Gasteiger charge is 2.18. The summed E-state index contributed by atoms with van der Waals surface area (Å²) in [4.78, 5) is 0.363. The number of benzene rings is 2. The molecule has 0 aliphatic rings. The third-order valence-corrected chi connectivity index (χ3v) is 3.93. The normalized spacial score (nSPS) is 11.0. The Kier molecular flexibility index (Phi) is 4.85. The van der Waals surface area contributed by atoms with E-state index in [1.807, 2.05) is 18.2 Å². The number of hydrogen-bond acceptors (Lipinski definition) is 6. The van der Waals surface area contributed by atoms with Crippen LogP contribution in [0, 0.1) is 12.1 Å². The number of anilines is 1. The van der Waals surface area contributed by atoms with Gasteiger partial charge in [0.25, 0.3) is 5.69 Å². The lowest BCUT2D eigenvalue weighted by molar-refractivity contribution is -0.806. The van der Waals surface area contributed by atoms with Gasteiger partial charge in [-0.05, 0) is 29.2 Å². The van der Waals surface area contributed by atoms with E-state index in [-0.39, 0.29) is 0 Å². The number of nitrogens with one attached hydrogen (secondary N) is 1. The van der Waals surface area contributed by atoms with Crippen molar-refractivity contribution in [2.45, 2.75) is 6.92 Å². The van der Waals surface area contributed by atoms with E-state index in [0.29, 0.717) is 38.3 Å². The zero-order valence-corrected chi connectivity index (χ0v) is 14.3. The van der Waals surface area contributed by atoms with Crippen molar-refractivity contribution in [1.82, 2.24) is 5.16 Å². The Morgan fingerprint density at radius 3 is 2.80 bits per heavy atom. The zero-order valence-electron chi connectivity index (χ0n) is 13.6. The number of methoxy groups -OCH3 is 1. The molecule has 2 aromatic carbocycles. The molecule has 3 aromatic rings. The zero-order chi connectivity index (χ0) is 17.8. The molecule has 7 nitrogen and oxygen atoms in total. The Morgan fingerprint density at radius 2 is 2.12 bits per heavy atom. The molecule has 3 rings (SSSR count). The Bertz CT molecular complexity index is 924. The van der Waals surface area contributed by atoms with Gasteiger partial charge >= 0.3 is 0 Å². The van der Waals surface area contributed by atoms with E-state index in [9.17, 15) is 5.21 Å². The van der Waals surface area contributed by atoms with E-state index in [0.717, 1.165) is 5.56 Å². The molecule has 1 N–H and O–H groups in total. The van der Waals surface area contributed by atoms with E-state index in [4.69, 9.17) is 16.3 Å². The van der Waals surface area contributed by atoms with Crippen LogP contribution in [0.5, 0.6) is 5.75 Å². The fraction of sp³-hybridized carbons (Fsp3) is 0.118. The summed E-state index contributed by atoms with van der Waals surface area (Å²) < 4.78 is 9.94. The second-order valence-electron chi connectivity index (χ2n) is 5.17. The smallest absolute Gasteiger partial charge is 0.251 e. The SMILES string of the molecule is COc1ccc(-c2no[n+]([O-])c2C)cc1N/N=C/c1ccccc1Cl. The Morgan fingerprint density at radius 1 is 1.32 bits per heavy atom. The maximum atomic E-state index is 11.4. The molecule has 0 atom stereocenters. The third kappa shape index (κ3) is 3.56. The van der Waals surface area contributed by atoms with Gasteiger partial charge in [-0.25, -0.2) is 0 Å². The molecule has 128 valence electrons. The maximum Gasteiger partial charge on any atom is 0.251 e. The van der Waals surface area contributed by atoms with Gasteiger partial charge in [0.2, 0.25) is 5.69 Å². The fourth-order valence-corrected chi connectivity index (χ4v) is 2.43. The second kappa shape index (κ2) is 7.23. The van der Waals surface area contributed by atoms with Crippen molar-refractivity contribution in [3.05, 3.63) is 64.0 Å². The molecule has 1 aromatic heterocycles. The Labute approximate surface area is 149 Å². The number of ether oxygens (including phenoxy) is 1. The average Bonchev–Trinajstić information content (AvgIpc) is 2.96. The summed E-state index contributed by atoms with van der Waals surface area (Å²) in [5.41, 5.74) is 5.84. The molecule has 8 heteroatoms. The first kappa shape index (κ1) is 16.8. The van der Waals surface area contributed by atoms with E-state index < -0.39 is 0 Å². The van der Waals surface area contributed by atoms with E-state index in [1.54, 1.807) is 44.5 Å². The largest absolute Gasteiger partial charge is 0.495 e. The highest BCUT2D eigenvalue weighted by atomic mass is 35.5. The van der Waals surface area contributed by atoms with Crippen molar-refractivity contribution in [1.29, 1.82) is 0 Å². The molecule has 25 heavy (non-hydrogen) atoms. The van der Waals surface area contributed by atoms with Gasteiger partial charge in [0.1, 0.15) is 5.75 Å². The van der Waals surface area contributed by atoms with Crippen LogP contribution in [0.15, 0.2) is 52.2 Å². The summed E-state index contributed by atoms with van der Waals surface area (Å²) >= 11 is 6.10. The minimum Gasteiger partial charge on any atom is -0.495 e. The summed E-state index contributed by atoms with van der Waals surface area (Å²) in [5.74, 6) is 0.594. The summed E-state index contributed by atoms with van der Waals surface area (Å²) in [5, 5.41) is 20.0. The lowest BCUT2D eigenvalue weighted by Crippen LogP contribution is -2.25. The quantitative estimate of drug-likeness (QED) is 0.429. The van der Waals surface area contributed by atoms with Crippen LogP contribution < -0.4 is 15.1 Å². The maximum absolute atomic E-state index is 11.4. The first-order valence-electron chi connectivity index (χ1n) is 7.38. The van der Waals surface area contributed by atoms with Crippen LogP contribution in [0.25, 0.3) is 11.3 Å². The van der Waals surface area contributed by atoms with Gasteiger partial charge in [-0.1, -0.05) is 29.8 Å². The number of nitrogens with zero attached hydrogens (tertiary/aromatic N) is 3. The lowest BCUT2D eigenvalue weighted by Gasteiger charge is -2.08. The predicted molar refractivity (Wildman–Crippen MR) is 94.9 cm³/mol. The van der Waals surface area contributed by atoms with Crippen LogP contribution in [0.4, 0.5) is 5.69 Å². The molecule has 0 unspecified atom stereocenters. The summed E-state index contributed by atoms with van der Waals surface area (Å²) in [6.45, 7) is 1.63. The Hall–Kier alpha value is -3.06. The molecule has 0 saturated carbocycles. The van der Waals surface area contributed by atoms with Crippen LogP contribution in [-0.2, 0) is 0 Å². The first-order valence-corrected chi connectivity index (χ1v) is 7.76. The molecular weight excluding hydrogens is 344 g/mol. The minimum atomic E-state index is 0.363. The van der Waals surface area contributed by atoms with Gasteiger partial charge < -0.3 is 9.94 Å². The second-order valence-corrected chi connectivity index (χ2v) is 5.58. The summed E-state index contributed by atoms with van der Waals surface area (Å²) in [7, 11) is 1.56. The molecule has 1 heterocycles. The fourth-order valence-electron chi connectivity index (χ4n) is 2.25. The van der Waals surface area contributed by atoms with Crippen molar-refractivity contribution in [3.8, 4) is 17.0 Å². The number of hydrogen-bond donors (Lipinski definition) is 1. The predicted octanol–water partition coefficient (Wildman–Crippen LogP) is 3.39. The number of rotatable bonds is 5. The van der Waals surface area contributed by atoms with Gasteiger partial charge in [-0.15, -0.1) is 0 Å². The van der Waals surface area contributed by atoms with Crippen LogP contribution >= 0.6 is 11.6 Å². The standard InChI is InChI=1S/C17H15ClN4O3/c1-11-17(21-25-22(11)23)12-7-8-16(24-2)15(9-12)20-19-10-13-5-3-4-6-14(13)18/h3-10,20H,1-2H3/b19-10+. The lowest BCUT2D eigenvalue weighted by atomic mass is 10.1. The monoisotopic (exact) mass is 358 g/mol. The number of aromatic nitrogens is 2. The topological polar surface area (TPSA) is 86.6 Å². The molecule has 0 bridgehead atoms. The molecular formula is C17H15ClN4O3. The van der Waals surface area contributed by atoms with Crippen molar-refractivity contribution in [3.63, 3.8) is 0 Å². The van der Waals surface area contributed by atoms with E-state index in [2.05, 4.69) is 20.3 Å². The highest BCUT2D eigenvalue weighted by Crippen LogP contribution is 2.30. The van der Waals surface area contributed by atoms with Crippen molar-refractivity contribution in [2.75, 3.05) is 12.5 Å². The van der Waals surface area contributed by atoms with Crippen LogP contribution in [-0.4, -0.2) is 18.5 Å². The van der Waals surface area contributed by atoms with E-state index in [1.165, 1.54) is 0 Å². The Balaban J connectivity index is 1.88. The van der Waals surface area contributed by atoms with Gasteiger partial charge in [0.05, 0.1) is 19.0 Å². The van der Waals surface area contributed by atoms with Crippen molar-refractivity contribution in [2.24, 2.45) is 5.10 Å². The minimum absolute atomic E-state index is 0.363. The van der Waals surface area contributed by atoms with E-state index >= 15 is 0 Å². The molecule has 0 amide bonds. The number of hydrazone groups is 1. The van der Waals surface area contributed by atoms with Crippen LogP contribution in [0.2, 0.25) is 5.02 Å². The van der Waals surface area contributed by atoms with Crippen LogP contribution in [0.1, 0.15) is 11.3 Å². The first-order chi connectivity index (χ1) is 12.1. The average molecular weight is 359 g/mol. The molecule has 0 fully saturated rings. The molecule has 0 aliphatic carbocycles. The van der Waals surface area contributed by atoms with Gasteiger partial charge in [-0.2, -0.15) is 5.10 Å². The summed E-state index contributed by atoms with van der Waals surface area (Å²) in [6.07, 6.45) is 1.61. The molecule has 0 radical (unpaired) electrons. The van der Waals surface area contributed by atoms with Gasteiger partial charge in [0, 0.05) is 28.2 Å². The van der Waals surface area contributed by atoms with Crippen molar-refractivity contribution < 1.29 is 14.3 Å². The van der Waals surface area contributed by atoms with Gasteiger partial charge in [-0.3, -0.25) is 10.1 Å². The molecule has 0 saturated heterocycles. The number of halogens is 1. The molecule has 0 aliphatic heterocycles. The highest BCUT2D eigenvalue weighted by molar-refractivity contribution is 6.33. The summed E-state index contributed by atoms with van der Waals surface area (Å²) in [6, 6.07) is 12.7. The van der Waals surface area contributed by atoms with Gasteiger partial charge in [0.15, 0.2) is 0 Å². The van der Waals surface area contributed by atoms with Crippen molar-refractivity contribution >= 4 is 23.5 Å². The molecule has 0 spiro atoms. The third-order valence-electron chi connectivity index (χ3n) is 3.59.